The van der Waals surface area contributed by atoms with Crippen molar-refractivity contribution in [3.8, 4) is 10.6 Å². The van der Waals surface area contributed by atoms with E-state index in [0.29, 0.717) is 0 Å². The largest absolute Gasteiger partial charge is 0.265 e. The lowest BCUT2D eigenvalue weighted by molar-refractivity contribution is 1.07. The number of hydrogen-bond acceptors (Lipinski definition) is 3. The fraction of sp³-hybridized carbons (Fsp3) is 0.200. The summed E-state index contributed by atoms with van der Waals surface area (Å²) < 4.78 is 0. The topological polar surface area (TPSA) is 25.8 Å². The molecule has 0 unspecified atom stereocenters. The van der Waals surface area contributed by atoms with Gasteiger partial charge in [-0.2, -0.15) is 0 Å². The minimum absolute atomic E-state index is 1.00. The molecule has 0 N–H and O–H groups in total. The van der Waals surface area contributed by atoms with E-state index in [2.05, 4.69) is 22.3 Å². The first-order valence-corrected chi connectivity index (χ1v) is 5.13. The van der Waals surface area contributed by atoms with Gasteiger partial charge in [-0.3, -0.25) is 4.98 Å². The molecular weight excluding hydrogens is 180 g/mol. The van der Waals surface area contributed by atoms with E-state index in [0.717, 1.165) is 22.7 Å². The third-order valence-electron chi connectivity index (χ3n) is 1.84. The smallest absolute Gasteiger partial charge is 0.123 e. The fourth-order valence-electron chi connectivity index (χ4n) is 1.10. The summed E-state index contributed by atoms with van der Waals surface area (Å²) in [6.07, 6.45) is 4.59. The molecule has 66 valence electrons. The lowest BCUT2D eigenvalue weighted by Gasteiger charge is -1.92. The zero-order valence-electron chi connectivity index (χ0n) is 7.40. The molecule has 0 aliphatic carbocycles. The van der Waals surface area contributed by atoms with Crippen LogP contribution in [-0.2, 0) is 6.42 Å². The molecule has 0 aromatic carbocycles. The van der Waals surface area contributed by atoms with Crippen LogP contribution in [0.2, 0.25) is 0 Å². The summed E-state index contributed by atoms with van der Waals surface area (Å²) in [6.45, 7) is 2.12. The Morgan fingerprint density at radius 3 is 2.69 bits per heavy atom. The maximum Gasteiger partial charge on any atom is 0.123 e. The van der Waals surface area contributed by atoms with Gasteiger partial charge in [0.1, 0.15) is 5.01 Å². The number of hydrogen-bond donors (Lipinski definition) is 0. The number of thiazole rings is 1. The molecule has 0 aliphatic heterocycles. The summed E-state index contributed by atoms with van der Waals surface area (Å²) >= 11 is 1.69. The first-order valence-electron chi connectivity index (χ1n) is 4.25. The van der Waals surface area contributed by atoms with Gasteiger partial charge in [0.2, 0.25) is 0 Å². The molecule has 2 heterocycles. The molecule has 0 amide bonds. The van der Waals surface area contributed by atoms with Crippen LogP contribution >= 0.6 is 11.3 Å². The molecule has 3 heteroatoms. The van der Waals surface area contributed by atoms with Crippen LogP contribution in [0.1, 0.15) is 12.6 Å². The number of nitrogens with zero attached hydrogens (tertiary/aromatic N) is 2. The van der Waals surface area contributed by atoms with E-state index in [1.807, 2.05) is 12.1 Å². The van der Waals surface area contributed by atoms with E-state index < -0.39 is 0 Å². The average molecular weight is 190 g/mol. The lowest BCUT2D eigenvalue weighted by Crippen LogP contribution is -1.80. The van der Waals surface area contributed by atoms with Crippen LogP contribution in [0.25, 0.3) is 10.6 Å². The Labute approximate surface area is 81.3 Å². The van der Waals surface area contributed by atoms with Crippen LogP contribution in [0.5, 0.6) is 0 Å². The van der Waals surface area contributed by atoms with Crippen molar-refractivity contribution in [1.82, 2.24) is 9.97 Å². The molecule has 0 saturated heterocycles. The molecule has 0 radical (unpaired) electrons. The Balaban J connectivity index is 2.36. The molecule has 2 aromatic rings. The van der Waals surface area contributed by atoms with Crippen molar-refractivity contribution in [3.63, 3.8) is 0 Å². The van der Waals surface area contributed by atoms with Crippen LogP contribution in [0.3, 0.4) is 0 Å². The SMILES string of the molecule is CCc1csc(-c2ccncc2)n1. The van der Waals surface area contributed by atoms with E-state index in [4.69, 9.17) is 0 Å². The Morgan fingerprint density at radius 2 is 2.08 bits per heavy atom. The first kappa shape index (κ1) is 8.38. The van der Waals surface area contributed by atoms with Gasteiger partial charge >= 0.3 is 0 Å². The van der Waals surface area contributed by atoms with Gasteiger partial charge in [-0.1, -0.05) is 6.92 Å². The Morgan fingerprint density at radius 1 is 1.31 bits per heavy atom. The summed E-state index contributed by atoms with van der Waals surface area (Å²) in [5, 5.41) is 3.19. The van der Waals surface area contributed by atoms with Gasteiger partial charge in [-0.05, 0) is 18.6 Å². The van der Waals surface area contributed by atoms with Crippen LogP contribution in [-0.4, -0.2) is 9.97 Å². The van der Waals surface area contributed by atoms with Gasteiger partial charge in [-0.25, -0.2) is 4.98 Å². The fourth-order valence-corrected chi connectivity index (χ4v) is 2.01. The van der Waals surface area contributed by atoms with Crippen LogP contribution < -0.4 is 0 Å². The van der Waals surface area contributed by atoms with Crippen molar-refractivity contribution in [2.45, 2.75) is 13.3 Å². The third kappa shape index (κ3) is 1.75. The Bertz CT molecular complexity index is 381. The number of aryl methyl sites for hydroxylation is 1. The van der Waals surface area contributed by atoms with Crippen LogP contribution in [0.15, 0.2) is 29.9 Å². The van der Waals surface area contributed by atoms with Gasteiger partial charge in [0.25, 0.3) is 0 Å². The summed E-state index contributed by atoms with van der Waals surface area (Å²) in [7, 11) is 0. The maximum atomic E-state index is 4.49. The predicted octanol–water partition coefficient (Wildman–Crippen LogP) is 2.77. The molecular formula is C10H10N2S. The minimum Gasteiger partial charge on any atom is -0.265 e. The highest BCUT2D eigenvalue weighted by atomic mass is 32.1. The number of rotatable bonds is 2. The van der Waals surface area contributed by atoms with Gasteiger partial charge in [0.05, 0.1) is 5.69 Å². The highest BCUT2D eigenvalue weighted by Gasteiger charge is 2.01. The van der Waals surface area contributed by atoms with Crippen LogP contribution in [0.4, 0.5) is 0 Å². The molecule has 0 bridgehead atoms. The molecule has 0 aliphatic rings. The van der Waals surface area contributed by atoms with Crippen molar-refractivity contribution < 1.29 is 0 Å². The second kappa shape index (κ2) is 3.66. The highest BCUT2D eigenvalue weighted by Crippen LogP contribution is 2.22. The van der Waals surface area contributed by atoms with E-state index >= 15 is 0 Å². The number of aromatic nitrogens is 2. The molecule has 2 nitrogen and oxygen atoms in total. The van der Waals surface area contributed by atoms with Gasteiger partial charge in [0.15, 0.2) is 0 Å². The lowest BCUT2D eigenvalue weighted by atomic mass is 10.3. The Hall–Kier alpha value is -1.22. The molecule has 0 atom stereocenters. The van der Waals surface area contributed by atoms with E-state index in [1.54, 1.807) is 23.7 Å². The van der Waals surface area contributed by atoms with Crippen molar-refractivity contribution >= 4 is 11.3 Å². The predicted molar refractivity (Wildman–Crippen MR) is 54.7 cm³/mol. The van der Waals surface area contributed by atoms with E-state index in [9.17, 15) is 0 Å². The van der Waals surface area contributed by atoms with Crippen molar-refractivity contribution in [1.29, 1.82) is 0 Å². The maximum absolute atomic E-state index is 4.49. The van der Waals surface area contributed by atoms with Crippen molar-refractivity contribution in [2.24, 2.45) is 0 Å². The summed E-state index contributed by atoms with van der Waals surface area (Å²) in [5.41, 5.74) is 2.32. The molecule has 0 spiro atoms. The van der Waals surface area contributed by atoms with E-state index in [-0.39, 0.29) is 0 Å². The zero-order valence-corrected chi connectivity index (χ0v) is 8.21. The van der Waals surface area contributed by atoms with E-state index in [1.165, 1.54) is 0 Å². The highest BCUT2D eigenvalue weighted by molar-refractivity contribution is 7.13. The second-order valence-electron chi connectivity index (χ2n) is 2.73. The minimum atomic E-state index is 1.00. The van der Waals surface area contributed by atoms with Crippen molar-refractivity contribution in [2.75, 3.05) is 0 Å². The zero-order chi connectivity index (χ0) is 9.10. The van der Waals surface area contributed by atoms with Gasteiger partial charge in [0, 0.05) is 23.3 Å². The standard InChI is InChI=1S/C10H10N2S/c1-2-9-7-13-10(12-9)8-3-5-11-6-4-8/h3-7H,2H2,1H3. The monoisotopic (exact) mass is 190 g/mol. The molecule has 2 aromatic heterocycles. The summed E-state index contributed by atoms with van der Waals surface area (Å²) in [4.78, 5) is 8.46. The molecule has 2 rings (SSSR count). The second-order valence-corrected chi connectivity index (χ2v) is 3.59. The van der Waals surface area contributed by atoms with Crippen LogP contribution in [0, 0.1) is 0 Å². The van der Waals surface area contributed by atoms with Crippen molar-refractivity contribution in [3.05, 3.63) is 35.6 Å². The summed E-state index contributed by atoms with van der Waals surface area (Å²) in [5.74, 6) is 0. The average Bonchev–Trinajstić information content (AvgIpc) is 2.67. The third-order valence-corrected chi connectivity index (χ3v) is 2.78. The molecule has 0 fully saturated rings. The molecule has 0 saturated carbocycles. The van der Waals surface area contributed by atoms with Gasteiger partial charge in [-0.15, -0.1) is 11.3 Å². The Kier molecular flexibility index (Phi) is 2.36. The first-order chi connectivity index (χ1) is 6.40. The summed E-state index contributed by atoms with van der Waals surface area (Å²) in [6, 6.07) is 3.97. The molecule has 13 heavy (non-hydrogen) atoms. The van der Waals surface area contributed by atoms with Gasteiger partial charge < -0.3 is 0 Å². The quantitative estimate of drug-likeness (QED) is 0.727. The number of pyridine rings is 1. The normalized spacial score (nSPS) is 10.2.